The second kappa shape index (κ2) is 4.41. The summed E-state index contributed by atoms with van der Waals surface area (Å²) in [5.74, 6) is 0.316. The van der Waals surface area contributed by atoms with Gasteiger partial charge in [-0.1, -0.05) is 0 Å². The summed E-state index contributed by atoms with van der Waals surface area (Å²) in [5, 5.41) is 7.17. The van der Waals surface area contributed by atoms with E-state index >= 15 is 0 Å². The topological polar surface area (TPSA) is 76.9 Å². The molecule has 0 aliphatic heterocycles. The van der Waals surface area contributed by atoms with Gasteiger partial charge in [0.2, 0.25) is 0 Å². The summed E-state index contributed by atoms with van der Waals surface area (Å²) in [6.45, 7) is 1.84. The molecule has 0 aliphatic rings. The predicted octanol–water partition coefficient (Wildman–Crippen LogP) is 1.27. The average molecular weight is 266 g/mol. The zero-order valence-electron chi connectivity index (χ0n) is 10.4. The maximum Gasteiger partial charge on any atom is 0.179 e. The molecular formula is C11H14N4O2S. The Morgan fingerprint density at radius 1 is 1.39 bits per heavy atom. The first kappa shape index (κ1) is 12.6. The molecule has 7 heteroatoms. The second-order valence-corrected chi connectivity index (χ2v) is 6.03. The third-order valence-corrected chi connectivity index (χ3v) is 3.57. The lowest BCUT2D eigenvalue weighted by molar-refractivity contribution is 0.602. The molecule has 0 amide bonds. The van der Waals surface area contributed by atoms with Gasteiger partial charge in [-0.3, -0.25) is 4.68 Å². The van der Waals surface area contributed by atoms with E-state index in [1.165, 1.54) is 6.07 Å². The van der Waals surface area contributed by atoms with Gasteiger partial charge in [0.25, 0.3) is 0 Å². The molecule has 1 N–H and O–H groups in total. The first-order valence-electron chi connectivity index (χ1n) is 5.30. The van der Waals surface area contributed by atoms with E-state index in [0.717, 1.165) is 17.6 Å². The highest BCUT2D eigenvalue weighted by molar-refractivity contribution is 7.90. The molecule has 0 saturated heterocycles. The summed E-state index contributed by atoms with van der Waals surface area (Å²) in [6, 6.07) is 3.12. The molecule has 0 spiro atoms. The van der Waals surface area contributed by atoms with Crippen molar-refractivity contribution in [3.05, 3.63) is 30.2 Å². The molecule has 18 heavy (non-hydrogen) atoms. The standard InChI is InChI=1S/C11H14N4O2S/c1-8-9(7-15(2)14-8)13-11-10(18(3,16)17)5-4-6-12-11/h4-7H,1-3H3,(H,12,13). The minimum atomic E-state index is -3.31. The zero-order chi connectivity index (χ0) is 13.3. The van der Waals surface area contributed by atoms with Gasteiger partial charge in [0.15, 0.2) is 9.84 Å². The number of anilines is 2. The van der Waals surface area contributed by atoms with E-state index in [0.29, 0.717) is 5.82 Å². The number of aryl methyl sites for hydroxylation is 2. The molecule has 0 radical (unpaired) electrons. The summed E-state index contributed by atoms with van der Waals surface area (Å²) in [5.41, 5.74) is 1.52. The molecule has 0 atom stereocenters. The summed E-state index contributed by atoms with van der Waals surface area (Å²) < 4.78 is 24.9. The van der Waals surface area contributed by atoms with Crippen molar-refractivity contribution < 1.29 is 8.42 Å². The van der Waals surface area contributed by atoms with Crippen LogP contribution in [-0.2, 0) is 16.9 Å². The van der Waals surface area contributed by atoms with Crippen LogP contribution in [0.3, 0.4) is 0 Å². The van der Waals surface area contributed by atoms with Crippen LogP contribution in [-0.4, -0.2) is 29.4 Å². The molecular weight excluding hydrogens is 252 g/mol. The molecule has 0 aromatic carbocycles. The highest BCUT2D eigenvalue weighted by Gasteiger charge is 2.15. The van der Waals surface area contributed by atoms with Crippen LogP contribution in [0.15, 0.2) is 29.4 Å². The Bertz CT molecular complexity index is 676. The third-order valence-electron chi connectivity index (χ3n) is 2.44. The first-order valence-corrected chi connectivity index (χ1v) is 7.19. The molecule has 96 valence electrons. The summed E-state index contributed by atoms with van der Waals surface area (Å²) in [4.78, 5) is 4.24. The lowest BCUT2D eigenvalue weighted by Crippen LogP contribution is -2.04. The Balaban J connectivity index is 2.44. The molecule has 2 aromatic heterocycles. The van der Waals surface area contributed by atoms with E-state index in [9.17, 15) is 8.42 Å². The number of nitrogens with zero attached hydrogens (tertiary/aromatic N) is 3. The Morgan fingerprint density at radius 2 is 2.11 bits per heavy atom. The van der Waals surface area contributed by atoms with E-state index in [2.05, 4.69) is 15.4 Å². The molecule has 2 heterocycles. The Labute approximate surface area is 106 Å². The number of hydrogen-bond donors (Lipinski definition) is 1. The van der Waals surface area contributed by atoms with Crippen LogP contribution in [0.2, 0.25) is 0 Å². The third kappa shape index (κ3) is 2.51. The highest BCUT2D eigenvalue weighted by Crippen LogP contribution is 2.23. The Morgan fingerprint density at radius 3 is 2.67 bits per heavy atom. The lowest BCUT2D eigenvalue weighted by Gasteiger charge is -2.08. The largest absolute Gasteiger partial charge is 0.336 e. The quantitative estimate of drug-likeness (QED) is 0.905. The van der Waals surface area contributed by atoms with Crippen LogP contribution >= 0.6 is 0 Å². The van der Waals surface area contributed by atoms with Crippen molar-refractivity contribution >= 4 is 21.3 Å². The van der Waals surface area contributed by atoms with Crippen molar-refractivity contribution in [2.75, 3.05) is 11.6 Å². The van der Waals surface area contributed by atoms with Gasteiger partial charge in [-0.25, -0.2) is 13.4 Å². The van der Waals surface area contributed by atoms with E-state index in [1.54, 1.807) is 30.2 Å². The van der Waals surface area contributed by atoms with Crippen LogP contribution < -0.4 is 5.32 Å². The number of hydrogen-bond acceptors (Lipinski definition) is 5. The van der Waals surface area contributed by atoms with Crippen LogP contribution in [0.1, 0.15) is 5.69 Å². The summed E-state index contributed by atoms with van der Waals surface area (Å²) in [6.07, 6.45) is 4.48. The fourth-order valence-electron chi connectivity index (χ4n) is 1.63. The van der Waals surface area contributed by atoms with Crippen LogP contribution in [0.25, 0.3) is 0 Å². The van der Waals surface area contributed by atoms with Crippen LogP contribution in [0.5, 0.6) is 0 Å². The van der Waals surface area contributed by atoms with E-state index in [-0.39, 0.29) is 4.90 Å². The summed E-state index contributed by atoms with van der Waals surface area (Å²) in [7, 11) is -1.51. The smallest absolute Gasteiger partial charge is 0.179 e. The maximum atomic E-state index is 11.6. The number of pyridine rings is 1. The van der Waals surface area contributed by atoms with Gasteiger partial charge in [-0.15, -0.1) is 0 Å². The van der Waals surface area contributed by atoms with Crippen LogP contribution in [0, 0.1) is 6.92 Å². The average Bonchev–Trinajstić information content (AvgIpc) is 2.57. The summed E-state index contributed by atoms with van der Waals surface area (Å²) >= 11 is 0. The van der Waals surface area contributed by atoms with Gasteiger partial charge in [0, 0.05) is 25.7 Å². The lowest BCUT2D eigenvalue weighted by atomic mass is 10.4. The molecule has 2 rings (SSSR count). The molecule has 0 aliphatic carbocycles. The number of nitrogens with one attached hydrogen (secondary N) is 1. The van der Waals surface area contributed by atoms with Crippen molar-refractivity contribution in [3.8, 4) is 0 Å². The molecule has 0 unspecified atom stereocenters. The maximum absolute atomic E-state index is 11.6. The Kier molecular flexibility index (Phi) is 3.08. The van der Waals surface area contributed by atoms with Gasteiger partial charge < -0.3 is 5.32 Å². The van der Waals surface area contributed by atoms with E-state index in [1.807, 2.05) is 6.92 Å². The second-order valence-electron chi connectivity index (χ2n) is 4.05. The monoisotopic (exact) mass is 266 g/mol. The molecule has 0 bridgehead atoms. The van der Waals surface area contributed by atoms with Crippen molar-refractivity contribution in [3.63, 3.8) is 0 Å². The van der Waals surface area contributed by atoms with E-state index < -0.39 is 9.84 Å². The fourth-order valence-corrected chi connectivity index (χ4v) is 2.41. The predicted molar refractivity (Wildman–Crippen MR) is 68.6 cm³/mol. The molecule has 6 nitrogen and oxygen atoms in total. The highest BCUT2D eigenvalue weighted by atomic mass is 32.2. The van der Waals surface area contributed by atoms with Gasteiger partial charge in [0.05, 0.1) is 11.4 Å². The SMILES string of the molecule is Cc1nn(C)cc1Nc1ncccc1S(C)(=O)=O. The number of rotatable bonds is 3. The number of aromatic nitrogens is 3. The molecule has 0 fully saturated rings. The van der Waals surface area contributed by atoms with Crippen LogP contribution in [0.4, 0.5) is 11.5 Å². The number of sulfone groups is 1. The van der Waals surface area contributed by atoms with E-state index in [4.69, 9.17) is 0 Å². The normalized spacial score (nSPS) is 11.5. The van der Waals surface area contributed by atoms with Gasteiger partial charge in [0.1, 0.15) is 10.7 Å². The van der Waals surface area contributed by atoms with Crippen molar-refractivity contribution in [1.29, 1.82) is 0 Å². The fraction of sp³-hybridized carbons (Fsp3) is 0.273. The van der Waals surface area contributed by atoms with Crippen molar-refractivity contribution in [1.82, 2.24) is 14.8 Å². The minimum Gasteiger partial charge on any atom is -0.336 e. The zero-order valence-corrected chi connectivity index (χ0v) is 11.2. The molecule has 0 saturated carbocycles. The molecule has 2 aromatic rings. The van der Waals surface area contributed by atoms with Gasteiger partial charge in [-0.2, -0.15) is 5.10 Å². The minimum absolute atomic E-state index is 0.174. The van der Waals surface area contributed by atoms with Crippen molar-refractivity contribution in [2.45, 2.75) is 11.8 Å². The van der Waals surface area contributed by atoms with Crippen molar-refractivity contribution in [2.24, 2.45) is 7.05 Å². The Hall–Kier alpha value is -1.89. The van der Waals surface area contributed by atoms with Gasteiger partial charge in [-0.05, 0) is 19.1 Å². The van der Waals surface area contributed by atoms with Gasteiger partial charge >= 0.3 is 0 Å². The first-order chi connectivity index (χ1) is 8.38.